The third-order valence-corrected chi connectivity index (χ3v) is 6.68. The SMILES string of the molecule is O=C1c2ccc(C3CCN(Cc4cc[nH]n4)CC3)cc2CN1C1CCCNC1. The predicted octanol–water partition coefficient (Wildman–Crippen LogP) is 2.50. The van der Waals surface area contributed by atoms with Crippen molar-refractivity contribution in [3.8, 4) is 0 Å². The number of fused-ring (bicyclic) bond motifs is 1. The summed E-state index contributed by atoms with van der Waals surface area (Å²) in [4.78, 5) is 17.4. The lowest BCUT2D eigenvalue weighted by molar-refractivity contribution is 0.0674. The predicted molar refractivity (Wildman–Crippen MR) is 108 cm³/mol. The number of carbonyl (C=O) groups excluding carboxylic acids is 1. The highest BCUT2D eigenvalue weighted by Gasteiger charge is 2.34. The summed E-state index contributed by atoms with van der Waals surface area (Å²) in [5.41, 5.74) is 4.68. The van der Waals surface area contributed by atoms with Gasteiger partial charge in [0.1, 0.15) is 0 Å². The molecule has 2 fully saturated rings. The molecular formula is C22H29N5O. The maximum Gasteiger partial charge on any atom is 0.254 e. The first-order chi connectivity index (χ1) is 13.8. The van der Waals surface area contributed by atoms with Gasteiger partial charge in [-0.05, 0) is 74.5 Å². The summed E-state index contributed by atoms with van der Waals surface area (Å²) < 4.78 is 0. The highest BCUT2D eigenvalue weighted by molar-refractivity contribution is 5.98. The number of hydrogen-bond acceptors (Lipinski definition) is 4. The van der Waals surface area contributed by atoms with Crippen LogP contribution >= 0.6 is 0 Å². The molecule has 6 nitrogen and oxygen atoms in total. The molecule has 1 aromatic carbocycles. The van der Waals surface area contributed by atoms with Gasteiger partial charge in [-0.3, -0.25) is 14.8 Å². The third kappa shape index (κ3) is 3.47. The van der Waals surface area contributed by atoms with Gasteiger partial charge in [0.05, 0.1) is 5.69 Å². The molecule has 0 spiro atoms. The Morgan fingerprint density at radius 3 is 2.79 bits per heavy atom. The van der Waals surface area contributed by atoms with E-state index in [4.69, 9.17) is 0 Å². The molecule has 2 saturated heterocycles. The minimum absolute atomic E-state index is 0.226. The van der Waals surface area contributed by atoms with Crippen molar-refractivity contribution in [3.63, 3.8) is 0 Å². The smallest absolute Gasteiger partial charge is 0.254 e. The molecule has 2 N–H and O–H groups in total. The first-order valence-corrected chi connectivity index (χ1v) is 10.6. The summed E-state index contributed by atoms with van der Waals surface area (Å²) in [5, 5.41) is 10.6. The van der Waals surface area contributed by atoms with Crippen LogP contribution in [0.15, 0.2) is 30.5 Å². The Labute approximate surface area is 166 Å². The van der Waals surface area contributed by atoms with Crippen LogP contribution in [0.2, 0.25) is 0 Å². The van der Waals surface area contributed by atoms with Gasteiger partial charge in [-0.1, -0.05) is 12.1 Å². The number of aromatic amines is 1. The molecule has 1 aromatic heterocycles. The molecule has 1 amide bonds. The summed E-state index contributed by atoms with van der Waals surface area (Å²) in [6.07, 6.45) is 6.52. The number of nitrogens with one attached hydrogen (secondary N) is 2. The monoisotopic (exact) mass is 379 g/mol. The molecule has 1 unspecified atom stereocenters. The highest BCUT2D eigenvalue weighted by Crippen LogP contribution is 2.33. The quantitative estimate of drug-likeness (QED) is 0.857. The van der Waals surface area contributed by atoms with Crippen LogP contribution in [0.3, 0.4) is 0 Å². The number of carbonyl (C=O) groups is 1. The Morgan fingerprint density at radius 2 is 2.04 bits per heavy atom. The van der Waals surface area contributed by atoms with E-state index in [0.29, 0.717) is 12.0 Å². The molecule has 0 bridgehead atoms. The van der Waals surface area contributed by atoms with Crippen molar-refractivity contribution in [2.75, 3.05) is 26.2 Å². The molecule has 28 heavy (non-hydrogen) atoms. The Hall–Kier alpha value is -2.18. The summed E-state index contributed by atoms with van der Waals surface area (Å²) in [5.74, 6) is 0.824. The van der Waals surface area contributed by atoms with Gasteiger partial charge in [0.25, 0.3) is 5.91 Å². The summed E-state index contributed by atoms with van der Waals surface area (Å²) in [6.45, 7) is 5.93. The van der Waals surface area contributed by atoms with Crippen LogP contribution < -0.4 is 5.32 Å². The second kappa shape index (κ2) is 7.68. The average Bonchev–Trinajstić information content (AvgIpc) is 3.37. The Kier molecular flexibility index (Phi) is 4.91. The van der Waals surface area contributed by atoms with Gasteiger partial charge in [0, 0.05) is 37.4 Å². The molecule has 0 radical (unpaired) electrons. The first-order valence-electron chi connectivity index (χ1n) is 10.6. The normalized spacial score (nSPS) is 23.9. The lowest BCUT2D eigenvalue weighted by Gasteiger charge is -2.32. The van der Waals surface area contributed by atoms with Crippen molar-refractivity contribution >= 4 is 5.91 Å². The van der Waals surface area contributed by atoms with Gasteiger partial charge in [-0.15, -0.1) is 0 Å². The average molecular weight is 380 g/mol. The van der Waals surface area contributed by atoms with Crippen molar-refractivity contribution in [2.45, 2.75) is 50.7 Å². The van der Waals surface area contributed by atoms with Crippen LogP contribution in [0.1, 0.15) is 58.8 Å². The third-order valence-electron chi connectivity index (χ3n) is 6.68. The zero-order valence-electron chi connectivity index (χ0n) is 16.4. The Bertz CT molecular complexity index is 819. The lowest BCUT2D eigenvalue weighted by Crippen LogP contribution is -2.46. The number of piperidine rings is 2. The minimum Gasteiger partial charge on any atom is -0.330 e. The maximum atomic E-state index is 12.9. The number of benzene rings is 1. The fourth-order valence-electron chi connectivity index (χ4n) is 5.04. The Morgan fingerprint density at radius 1 is 1.14 bits per heavy atom. The molecule has 4 heterocycles. The number of rotatable bonds is 4. The number of likely N-dealkylation sites (tertiary alicyclic amines) is 1. The van der Waals surface area contributed by atoms with Crippen LogP contribution in [0, 0.1) is 0 Å². The van der Waals surface area contributed by atoms with Gasteiger partial charge in [0.2, 0.25) is 0 Å². The van der Waals surface area contributed by atoms with Crippen LogP contribution in [0.4, 0.5) is 0 Å². The van der Waals surface area contributed by atoms with Crippen LogP contribution in [-0.2, 0) is 13.1 Å². The summed E-state index contributed by atoms with van der Waals surface area (Å²) in [7, 11) is 0. The van der Waals surface area contributed by atoms with E-state index in [9.17, 15) is 4.79 Å². The van der Waals surface area contributed by atoms with Crippen molar-refractivity contribution in [2.24, 2.45) is 0 Å². The number of amides is 1. The van der Waals surface area contributed by atoms with Gasteiger partial charge in [-0.2, -0.15) is 5.10 Å². The lowest BCUT2D eigenvalue weighted by atomic mass is 9.88. The fourth-order valence-corrected chi connectivity index (χ4v) is 5.04. The van der Waals surface area contributed by atoms with E-state index in [1.54, 1.807) is 0 Å². The van der Waals surface area contributed by atoms with Gasteiger partial charge in [-0.25, -0.2) is 0 Å². The molecular weight excluding hydrogens is 350 g/mol. The van der Waals surface area contributed by atoms with E-state index in [1.165, 1.54) is 24.0 Å². The van der Waals surface area contributed by atoms with Crippen molar-refractivity contribution in [1.29, 1.82) is 0 Å². The molecule has 3 aliphatic rings. The zero-order chi connectivity index (χ0) is 18.9. The van der Waals surface area contributed by atoms with Crippen LogP contribution in [0.25, 0.3) is 0 Å². The van der Waals surface area contributed by atoms with E-state index in [1.807, 2.05) is 6.20 Å². The molecule has 2 aromatic rings. The largest absolute Gasteiger partial charge is 0.330 e. The number of nitrogens with zero attached hydrogens (tertiary/aromatic N) is 3. The van der Waals surface area contributed by atoms with Crippen molar-refractivity contribution < 1.29 is 4.79 Å². The molecule has 0 aliphatic carbocycles. The second-order valence-electron chi connectivity index (χ2n) is 8.47. The van der Waals surface area contributed by atoms with E-state index in [-0.39, 0.29) is 5.91 Å². The standard InChI is InChI=1S/C22H29N5O/c28-22-21-4-3-17(12-18(21)14-27(22)20-2-1-8-23-13-20)16-6-10-26(11-7-16)15-19-5-9-24-25-19/h3-5,9,12,16,20,23H,1-2,6-8,10-11,13-15H2,(H,24,25). The van der Waals surface area contributed by atoms with E-state index >= 15 is 0 Å². The molecule has 1 atom stereocenters. The van der Waals surface area contributed by atoms with Gasteiger partial charge in [0.15, 0.2) is 0 Å². The molecule has 5 rings (SSSR count). The van der Waals surface area contributed by atoms with Gasteiger partial charge < -0.3 is 10.2 Å². The van der Waals surface area contributed by atoms with Crippen LogP contribution in [0.5, 0.6) is 0 Å². The van der Waals surface area contributed by atoms with Crippen molar-refractivity contribution in [3.05, 3.63) is 52.8 Å². The molecule has 3 aliphatic heterocycles. The van der Waals surface area contributed by atoms with Crippen LogP contribution in [-0.4, -0.2) is 58.1 Å². The Balaban J connectivity index is 1.23. The number of aromatic nitrogens is 2. The topological polar surface area (TPSA) is 64.3 Å². The molecule has 6 heteroatoms. The maximum absolute atomic E-state index is 12.9. The van der Waals surface area contributed by atoms with E-state index < -0.39 is 0 Å². The highest BCUT2D eigenvalue weighted by atomic mass is 16.2. The zero-order valence-corrected chi connectivity index (χ0v) is 16.4. The minimum atomic E-state index is 0.226. The summed E-state index contributed by atoms with van der Waals surface area (Å²) >= 11 is 0. The number of hydrogen-bond donors (Lipinski definition) is 2. The molecule has 0 saturated carbocycles. The second-order valence-corrected chi connectivity index (χ2v) is 8.47. The van der Waals surface area contributed by atoms with Gasteiger partial charge >= 0.3 is 0 Å². The molecule has 148 valence electrons. The van der Waals surface area contributed by atoms with E-state index in [2.05, 4.69) is 49.6 Å². The first kappa shape index (κ1) is 17.9. The number of H-pyrrole nitrogens is 1. The summed E-state index contributed by atoms with van der Waals surface area (Å²) in [6, 6.07) is 9.00. The fraction of sp³-hybridized carbons (Fsp3) is 0.545. The van der Waals surface area contributed by atoms with Crippen molar-refractivity contribution in [1.82, 2.24) is 25.3 Å². The van der Waals surface area contributed by atoms with E-state index in [0.717, 1.165) is 63.4 Å².